The molecule has 2 heterocycles. The summed E-state index contributed by atoms with van der Waals surface area (Å²) in [7, 11) is 0. The van der Waals surface area contributed by atoms with Gasteiger partial charge in [0.25, 0.3) is 0 Å². The SMILES string of the molecule is c1ccc(-c2cccc(-c3ccc4c(c3)c3c5ccc6ccn(-c7ccccc7)c6c5ccc3n4-c3ccccc3)c2)cc1. The molecule has 0 amide bonds. The lowest BCUT2D eigenvalue weighted by atomic mass is 9.97. The van der Waals surface area contributed by atoms with Gasteiger partial charge < -0.3 is 9.13 Å². The van der Waals surface area contributed by atoms with Crippen LogP contribution in [0, 0.1) is 0 Å². The Balaban J connectivity index is 1.35. The minimum atomic E-state index is 1.17. The lowest BCUT2D eigenvalue weighted by Crippen LogP contribution is -1.94. The summed E-state index contributed by atoms with van der Waals surface area (Å²) < 4.78 is 4.73. The standard InChI is InChI=1S/C42H28N2/c1-4-11-29(12-5-1)31-13-10-14-32(27-31)33-20-23-39-38(28-33)41-36-21-19-30-25-26-43(34-15-6-2-7-16-34)42(30)37(36)22-24-40(41)44(39)35-17-8-3-9-18-35/h1-28H. The van der Waals surface area contributed by atoms with E-state index in [2.05, 4.69) is 179 Å². The second-order valence-electron chi connectivity index (χ2n) is 11.4. The third kappa shape index (κ3) is 3.82. The van der Waals surface area contributed by atoms with Crippen molar-refractivity contribution in [2.24, 2.45) is 0 Å². The van der Waals surface area contributed by atoms with Crippen LogP contribution in [0.4, 0.5) is 0 Å². The number of fused-ring (bicyclic) bond motifs is 7. The van der Waals surface area contributed by atoms with Gasteiger partial charge in [-0.15, -0.1) is 0 Å². The van der Waals surface area contributed by atoms with Crippen LogP contribution >= 0.6 is 0 Å². The summed E-state index contributed by atoms with van der Waals surface area (Å²) in [5.41, 5.74) is 10.9. The van der Waals surface area contributed by atoms with Crippen LogP contribution in [-0.4, -0.2) is 9.13 Å². The van der Waals surface area contributed by atoms with Gasteiger partial charge in [0.15, 0.2) is 0 Å². The zero-order valence-corrected chi connectivity index (χ0v) is 24.1. The van der Waals surface area contributed by atoms with Crippen molar-refractivity contribution in [2.75, 3.05) is 0 Å². The lowest BCUT2D eigenvalue weighted by Gasteiger charge is -2.10. The predicted molar refractivity (Wildman–Crippen MR) is 186 cm³/mol. The molecule has 0 aliphatic heterocycles. The van der Waals surface area contributed by atoms with Crippen molar-refractivity contribution in [1.29, 1.82) is 0 Å². The van der Waals surface area contributed by atoms with E-state index in [0.717, 1.165) is 0 Å². The fourth-order valence-electron chi connectivity index (χ4n) is 6.91. The lowest BCUT2D eigenvalue weighted by molar-refractivity contribution is 1.13. The minimum Gasteiger partial charge on any atom is -0.316 e. The van der Waals surface area contributed by atoms with Crippen LogP contribution in [0.15, 0.2) is 170 Å². The summed E-state index contributed by atoms with van der Waals surface area (Å²) in [5, 5.41) is 6.30. The molecule has 0 unspecified atom stereocenters. The Morgan fingerprint density at radius 1 is 0.364 bits per heavy atom. The van der Waals surface area contributed by atoms with E-state index in [1.807, 2.05) is 0 Å². The largest absolute Gasteiger partial charge is 0.316 e. The maximum atomic E-state index is 2.41. The summed E-state index contributed by atoms with van der Waals surface area (Å²) in [4.78, 5) is 0. The third-order valence-corrected chi connectivity index (χ3v) is 8.93. The number of hydrogen-bond donors (Lipinski definition) is 0. The van der Waals surface area contributed by atoms with Gasteiger partial charge in [-0.1, -0.05) is 109 Å². The molecule has 0 saturated heterocycles. The van der Waals surface area contributed by atoms with Crippen molar-refractivity contribution in [3.63, 3.8) is 0 Å². The second-order valence-corrected chi connectivity index (χ2v) is 11.4. The van der Waals surface area contributed by atoms with Gasteiger partial charge in [-0.3, -0.25) is 0 Å². The molecule has 0 bridgehead atoms. The Kier molecular flexibility index (Phi) is 5.54. The molecule has 0 aliphatic rings. The van der Waals surface area contributed by atoms with Crippen molar-refractivity contribution in [3.05, 3.63) is 170 Å². The van der Waals surface area contributed by atoms with Crippen LogP contribution < -0.4 is 0 Å². The molecule has 0 N–H and O–H groups in total. The summed E-state index contributed by atoms with van der Waals surface area (Å²) in [6.07, 6.45) is 2.19. The molecule has 206 valence electrons. The molecule has 7 aromatic carbocycles. The molecule has 44 heavy (non-hydrogen) atoms. The number of para-hydroxylation sites is 2. The van der Waals surface area contributed by atoms with Gasteiger partial charge in [0.1, 0.15) is 0 Å². The van der Waals surface area contributed by atoms with Crippen LogP contribution in [0.5, 0.6) is 0 Å². The van der Waals surface area contributed by atoms with E-state index in [1.165, 1.54) is 77.1 Å². The van der Waals surface area contributed by atoms with Crippen LogP contribution in [0.1, 0.15) is 0 Å². The van der Waals surface area contributed by atoms with Crippen LogP contribution in [-0.2, 0) is 0 Å². The molecule has 0 spiro atoms. The molecule has 2 aromatic heterocycles. The highest BCUT2D eigenvalue weighted by atomic mass is 15.0. The fourth-order valence-corrected chi connectivity index (χ4v) is 6.91. The highest BCUT2D eigenvalue weighted by Gasteiger charge is 2.18. The van der Waals surface area contributed by atoms with Gasteiger partial charge >= 0.3 is 0 Å². The third-order valence-electron chi connectivity index (χ3n) is 8.93. The minimum absolute atomic E-state index is 1.17. The van der Waals surface area contributed by atoms with Gasteiger partial charge in [-0.25, -0.2) is 0 Å². The normalized spacial score (nSPS) is 11.6. The molecular formula is C42H28N2. The van der Waals surface area contributed by atoms with Crippen LogP contribution in [0.3, 0.4) is 0 Å². The van der Waals surface area contributed by atoms with Gasteiger partial charge in [0, 0.05) is 39.1 Å². The van der Waals surface area contributed by atoms with Crippen LogP contribution in [0.2, 0.25) is 0 Å². The van der Waals surface area contributed by atoms with Crippen molar-refractivity contribution in [3.8, 4) is 33.6 Å². The number of aromatic nitrogens is 2. The Bertz CT molecular complexity index is 2470. The first kappa shape index (κ1) is 24.7. The zero-order chi connectivity index (χ0) is 29.0. The topological polar surface area (TPSA) is 9.86 Å². The zero-order valence-electron chi connectivity index (χ0n) is 24.1. The van der Waals surface area contributed by atoms with Gasteiger partial charge in [0.05, 0.1) is 16.6 Å². The molecule has 0 fully saturated rings. The van der Waals surface area contributed by atoms with E-state index in [9.17, 15) is 0 Å². The van der Waals surface area contributed by atoms with Crippen molar-refractivity contribution >= 4 is 43.5 Å². The van der Waals surface area contributed by atoms with E-state index in [4.69, 9.17) is 0 Å². The van der Waals surface area contributed by atoms with E-state index in [1.54, 1.807) is 0 Å². The van der Waals surface area contributed by atoms with E-state index >= 15 is 0 Å². The Hall–Kier alpha value is -5.86. The molecule has 0 aliphatic carbocycles. The van der Waals surface area contributed by atoms with E-state index < -0.39 is 0 Å². The number of nitrogens with zero attached hydrogens (tertiary/aromatic N) is 2. The molecule has 0 saturated carbocycles. The van der Waals surface area contributed by atoms with Gasteiger partial charge in [0.2, 0.25) is 0 Å². The average Bonchev–Trinajstić information content (AvgIpc) is 3.69. The number of benzene rings is 7. The molecule has 0 radical (unpaired) electrons. The van der Waals surface area contributed by atoms with Gasteiger partial charge in [-0.2, -0.15) is 0 Å². The summed E-state index contributed by atoms with van der Waals surface area (Å²) in [6.45, 7) is 0. The average molecular weight is 561 g/mol. The highest BCUT2D eigenvalue weighted by molar-refractivity contribution is 6.25. The Morgan fingerprint density at radius 2 is 0.977 bits per heavy atom. The van der Waals surface area contributed by atoms with Crippen LogP contribution in [0.25, 0.3) is 77.1 Å². The maximum absolute atomic E-state index is 2.41. The highest BCUT2D eigenvalue weighted by Crippen LogP contribution is 2.41. The fraction of sp³-hybridized carbons (Fsp3) is 0. The summed E-state index contributed by atoms with van der Waals surface area (Å²) in [5.74, 6) is 0. The van der Waals surface area contributed by atoms with Crippen molar-refractivity contribution in [2.45, 2.75) is 0 Å². The summed E-state index contributed by atoms with van der Waals surface area (Å²) >= 11 is 0. The first-order chi connectivity index (χ1) is 21.8. The molecule has 9 aromatic rings. The first-order valence-corrected chi connectivity index (χ1v) is 15.1. The number of hydrogen-bond acceptors (Lipinski definition) is 0. The Labute approximate surface area is 255 Å². The first-order valence-electron chi connectivity index (χ1n) is 15.1. The second kappa shape index (κ2) is 9.86. The maximum Gasteiger partial charge on any atom is 0.0607 e. The monoisotopic (exact) mass is 560 g/mol. The number of rotatable bonds is 4. The predicted octanol–water partition coefficient (Wildman–Crippen LogP) is 11.2. The smallest absolute Gasteiger partial charge is 0.0607 e. The summed E-state index contributed by atoms with van der Waals surface area (Å²) in [6, 6.07) is 59.2. The van der Waals surface area contributed by atoms with E-state index in [0.29, 0.717) is 0 Å². The molecular weight excluding hydrogens is 532 g/mol. The molecule has 0 atom stereocenters. The van der Waals surface area contributed by atoms with E-state index in [-0.39, 0.29) is 0 Å². The van der Waals surface area contributed by atoms with Gasteiger partial charge in [-0.05, 0) is 82.2 Å². The molecule has 2 nitrogen and oxygen atoms in total. The van der Waals surface area contributed by atoms with Crippen molar-refractivity contribution in [1.82, 2.24) is 9.13 Å². The Morgan fingerprint density at radius 3 is 1.75 bits per heavy atom. The molecule has 2 heteroatoms. The van der Waals surface area contributed by atoms with Crippen molar-refractivity contribution < 1.29 is 0 Å². The quantitative estimate of drug-likeness (QED) is 0.203. The molecule has 9 rings (SSSR count).